The highest BCUT2D eigenvalue weighted by Gasteiger charge is 2.30. The highest BCUT2D eigenvalue weighted by Crippen LogP contribution is 2.23. The summed E-state index contributed by atoms with van der Waals surface area (Å²) in [6.45, 7) is 4.06. The Morgan fingerprint density at radius 2 is 2.39 bits per heavy atom. The van der Waals surface area contributed by atoms with E-state index in [1.54, 1.807) is 6.07 Å². The maximum Gasteiger partial charge on any atom is 0.236 e. The molecule has 1 amide bonds. The minimum atomic E-state index is -0.342. The highest BCUT2D eigenvalue weighted by atomic mass is 19.1. The van der Waals surface area contributed by atoms with Gasteiger partial charge in [-0.2, -0.15) is 0 Å². The largest absolute Gasteiger partial charge is 0.368 e. The van der Waals surface area contributed by atoms with Gasteiger partial charge in [-0.3, -0.25) is 9.69 Å². The molecule has 1 fully saturated rings. The Morgan fingerprint density at radius 1 is 1.61 bits per heavy atom. The molecule has 0 aliphatic carbocycles. The molecule has 1 aliphatic heterocycles. The van der Waals surface area contributed by atoms with E-state index in [0.717, 1.165) is 18.7 Å². The van der Waals surface area contributed by atoms with E-state index in [1.165, 1.54) is 12.1 Å². The molecule has 2 rings (SSSR count). The van der Waals surface area contributed by atoms with Crippen molar-refractivity contribution in [3.8, 4) is 0 Å². The van der Waals surface area contributed by atoms with E-state index in [2.05, 4.69) is 5.32 Å². The zero-order chi connectivity index (χ0) is 13.1. The van der Waals surface area contributed by atoms with Gasteiger partial charge in [0.15, 0.2) is 0 Å². The van der Waals surface area contributed by atoms with E-state index in [9.17, 15) is 9.18 Å². The predicted molar refractivity (Wildman–Crippen MR) is 67.4 cm³/mol. The molecule has 4 nitrogen and oxygen atoms in total. The minimum Gasteiger partial charge on any atom is -0.368 e. The summed E-state index contributed by atoms with van der Waals surface area (Å²) in [6.07, 6.45) is 0. The van der Waals surface area contributed by atoms with Gasteiger partial charge in [0.05, 0.1) is 0 Å². The van der Waals surface area contributed by atoms with Crippen LogP contribution in [0.4, 0.5) is 4.39 Å². The second kappa shape index (κ2) is 5.46. The summed E-state index contributed by atoms with van der Waals surface area (Å²) < 4.78 is 13.2. The van der Waals surface area contributed by atoms with Crippen LogP contribution in [0.25, 0.3) is 0 Å². The van der Waals surface area contributed by atoms with Gasteiger partial charge >= 0.3 is 0 Å². The number of primary amides is 1. The van der Waals surface area contributed by atoms with Gasteiger partial charge in [-0.25, -0.2) is 4.39 Å². The molecule has 5 heteroatoms. The first-order chi connectivity index (χ1) is 8.59. The number of amides is 1. The van der Waals surface area contributed by atoms with Crippen molar-refractivity contribution >= 4 is 5.91 Å². The molecule has 0 aromatic heterocycles. The van der Waals surface area contributed by atoms with Crippen LogP contribution in [0.2, 0.25) is 0 Å². The second-order valence-corrected chi connectivity index (χ2v) is 4.59. The fourth-order valence-electron chi connectivity index (χ4n) is 2.41. The van der Waals surface area contributed by atoms with Crippen LogP contribution in [-0.2, 0) is 4.79 Å². The third kappa shape index (κ3) is 2.68. The molecular weight excluding hydrogens is 233 g/mol. The van der Waals surface area contributed by atoms with Crippen LogP contribution in [0, 0.1) is 5.82 Å². The Kier molecular flexibility index (Phi) is 3.93. The van der Waals surface area contributed by atoms with E-state index in [0.29, 0.717) is 6.54 Å². The molecule has 1 saturated heterocycles. The van der Waals surface area contributed by atoms with Crippen LogP contribution < -0.4 is 11.1 Å². The molecule has 0 spiro atoms. The molecular formula is C13H18FN3O. The third-order valence-corrected chi connectivity index (χ3v) is 3.44. The first-order valence-electron chi connectivity index (χ1n) is 6.11. The highest BCUT2D eigenvalue weighted by molar-refractivity contribution is 5.80. The van der Waals surface area contributed by atoms with Crippen LogP contribution >= 0.6 is 0 Å². The van der Waals surface area contributed by atoms with Crippen LogP contribution in [0.15, 0.2) is 24.3 Å². The number of piperazine rings is 1. The fraction of sp³-hybridized carbons (Fsp3) is 0.462. The molecule has 1 aromatic carbocycles. The minimum absolute atomic E-state index is 0.0275. The maximum absolute atomic E-state index is 13.2. The number of benzene rings is 1. The topological polar surface area (TPSA) is 58.4 Å². The first kappa shape index (κ1) is 13.0. The SMILES string of the molecule is CC(c1cccc(F)c1)N1CCNCC1C(N)=O. The number of hydrogen-bond acceptors (Lipinski definition) is 3. The van der Waals surface area contributed by atoms with E-state index in [-0.39, 0.29) is 23.8 Å². The van der Waals surface area contributed by atoms with E-state index in [1.807, 2.05) is 17.9 Å². The van der Waals surface area contributed by atoms with Crippen LogP contribution in [0.5, 0.6) is 0 Å². The molecule has 18 heavy (non-hydrogen) atoms. The number of nitrogens with zero attached hydrogens (tertiary/aromatic N) is 1. The molecule has 0 radical (unpaired) electrons. The van der Waals surface area contributed by atoms with Crippen molar-refractivity contribution in [1.29, 1.82) is 0 Å². The Bertz CT molecular complexity index is 438. The summed E-state index contributed by atoms with van der Waals surface area (Å²) in [5.74, 6) is -0.601. The van der Waals surface area contributed by atoms with Crippen molar-refractivity contribution in [3.05, 3.63) is 35.6 Å². The van der Waals surface area contributed by atoms with Gasteiger partial charge in [-0.05, 0) is 24.6 Å². The molecule has 0 bridgehead atoms. The van der Waals surface area contributed by atoms with Gasteiger partial charge in [0.1, 0.15) is 11.9 Å². The summed E-state index contributed by atoms with van der Waals surface area (Å²) in [5, 5.41) is 3.15. The predicted octanol–water partition coefficient (Wildman–Crippen LogP) is 0.646. The Labute approximate surface area is 106 Å². The summed E-state index contributed by atoms with van der Waals surface area (Å²) in [4.78, 5) is 13.5. The number of nitrogens with two attached hydrogens (primary N) is 1. The number of hydrogen-bond donors (Lipinski definition) is 2. The van der Waals surface area contributed by atoms with Crippen LogP contribution in [0.3, 0.4) is 0 Å². The van der Waals surface area contributed by atoms with E-state index >= 15 is 0 Å². The molecule has 3 N–H and O–H groups in total. The smallest absolute Gasteiger partial charge is 0.236 e. The van der Waals surface area contributed by atoms with Crippen molar-refractivity contribution in [2.75, 3.05) is 19.6 Å². The Balaban J connectivity index is 2.20. The molecule has 1 aliphatic rings. The lowest BCUT2D eigenvalue weighted by Crippen LogP contribution is -2.57. The van der Waals surface area contributed by atoms with Crippen LogP contribution in [0.1, 0.15) is 18.5 Å². The average Bonchev–Trinajstić information content (AvgIpc) is 2.38. The van der Waals surface area contributed by atoms with Crippen molar-refractivity contribution in [2.24, 2.45) is 5.73 Å². The standard InChI is InChI=1S/C13H18FN3O/c1-9(10-3-2-4-11(14)7-10)17-6-5-16-8-12(17)13(15)18/h2-4,7,9,12,16H,5-6,8H2,1H3,(H2,15,18). The summed E-state index contributed by atoms with van der Waals surface area (Å²) in [5.41, 5.74) is 6.27. The number of rotatable bonds is 3. The van der Waals surface area contributed by atoms with Crippen molar-refractivity contribution in [2.45, 2.75) is 19.0 Å². The number of halogens is 1. The summed E-state index contributed by atoms with van der Waals surface area (Å²) >= 11 is 0. The van der Waals surface area contributed by atoms with Crippen molar-refractivity contribution in [1.82, 2.24) is 10.2 Å². The maximum atomic E-state index is 13.2. The van der Waals surface area contributed by atoms with E-state index < -0.39 is 0 Å². The Morgan fingerprint density at radius 3 is 3.06 bits per heavy atom. The number of carbonyl (C=O) groups is 1. The van der Waals surface area contributed by atoms with Gasteiger partial charge in [-0.15, -0.1) is 0 Å². The van der Waals surface area contributed by atoms with Gasteiger partial charge in [0.2, 0.25) is 5.91 Å². The summed E-state index contributed by atoms with van der Waals surface area (Å²) in [6, 6.07) is 6.11. The van der Waals surface area contributed by atoms with Gasteiger partial charge in [0.25, 0.3) is 0 Å². The van der Waals surface area contributed by atoms with Gasteiger partial charge < -0.3 is 11.1 Å². The van der Waals surface area contributed by atoms with E-state index in [4.69, 9.17) is 5.73 Å². The monoisotopic (exact) mass is 251 g/mol. The molecule has 1 aromatic rings. The Hall–Kier alpha value is -1.46. The van der Waals surface area contributed by atoms with Gasteiger partial charge in [-0.1, -0.05) is 12.1 Å². The zero-order valence-corrected chi connectivity index (χ0v) is 10.4. The lowest BCUT2D eigenvalue weighted by molar-refractivity contribution is -0.124. The second-order valence-electron chi connectivity index (χ2n) is 4.59. The molecule has 2 unspecified atom stereocenters. The number of carbonyl (C=O) groups excluding carboxylic acids is 1. The normalized spacial score (nSPS) is 22.7. The fourth-order valence-corrected chi connectivity index (χ4v) is 2.41. The molecule has 0 saturated carbocycles. The van der Waals surface area contributed by atoms with Gasteiger partial charge in [0, 0.05) is 25.7 Å². The van der Waals surface area contributed by atoms with Crippen molar-refractivity contribution in [3.63, 3.8) is 0 Å². The third-order valence-electron chi connectivity index (χ3n) is 3.44. The molecule has 1 heterocycles. The van der Waals surface area contributed by atoms with Crippen LogP contribution in [-0.4, -0.2) is 36.5 Å². The zero-order valence-electron chi connectivity index (χ0n) is 10.4. The molecule has 98 valence electrons. The summed E-state index contributed by atoms with van der Waals surface area (Å²) in [7, 11) is 0. The lowest BCUT2D eigenvalue weighted by atomic mass is 10.0. The lowest BCUT2D eigenvalue weighted by Gasteiger charge is -2.38. The first-order valence-corrected chi connectivity index (χ1v) is 6.11. The molecule has 2 atom stereocenters. The average molecular weight is 251 g/mol. The quantitative estimate of drug-likeness (QED) is 0.829. The van der Waals surface area contributed by atoms with Crippen molar-refractivity contribution < 1.29 is 9.18 Å². The number of nitrogens with one attached hydrogen (secondary N) is 1.